The molecular weight excluding hydrogens is 294 g/mol. The van der Waals surface area contributed by atoms with Crippen molar-refractivity contribution >= 4 is 30.0 Å². The minimum atomic E-state index is -2.72. The van der Waals surface area contributed by atoms with E-state index in [2.05, 4.69) is 6.58 Å². The van der Waals surface area contributed by atoms with E-state index < -0.39 is 12.5 Å². The Balaban J connectivity index is 2.26. The Morgan fingerprint density at radius 3 is 2.81 bits per heavy atom. The summed E-state index contributed by atoms with van der Waals surface area (Å²) in [4.78, 5) is 0. The molecule has 2 rings (SSSR count). The van der Waals surface area contributed by atoms with Crippen molar-refractivity contribution in [2.75, 3.05) is 19.3 Å². The van der Waals surface area contributed by atoms with Crippen LogP contribution in [0.1, 0.15) is 23.4 Å². The first kappa shape index (κ1) is 15.8. The fraction of sp³-hybridized carbons (Fsp3) is 0.400. The van der Waals surface area contributed by atoms with Gasteiger partial charge in [-0.3, -0.25) is 3.97 Å². The van der Waals surface area contributed by atoms with Gasteiger partial charge in [0, 0.05) is 17.5 Å². The summed E-state index contributed by atoms with van der Waals surface area (Å²) in [6.45, 7) is 5.51. The van der Waals surface area contributed by atoms with E-state index in [-0.39, 0.29) is 18.9 Å². The molecule has 1 N–H and O–H groups in total. The van der Waals surface area contributed by atoms with Gasteiger partial charge < -0.3 is 5.11 Å². The second-order valence-electron chi connectivity index (χ2n) is 5.03. The molecule has 1 aromatic rings. The first-order valence-electron chi connectivity index (χ1n) is 6.64. The summed E-state index contributed by atoms with van der Waals surface area (Å²) >= 11 is 1.56. The molecule has 2 heterocycles. The van der Waals surface area contributed by atoms with Gasteiger partial charge in [-0.05, 0) is 37.1 Å². The summed E-state index contributed by atoms with van der Waals surface area (Å²) in [5.74, 6) is -2.84. The molecule has 0 unspecified atom stereocenters. The highest BCUT2D eigenvalue weighted by atomic mass is 32.2. The Morgan fingerprint density at radius 2 is 2.29 bits per heavy atom. The molecule has 3 nitrogen and oxygen atoms in total. The molecule has 1 fully saturated rings. The number of rotatable bonds is 4. The highest BCUT2D eigenvalue weighted by Gasteiger charge is 2.43. The summed E-state index contributed by atoms with van der Waals surface area (Å²) in [5.41, 5.74) is 2.88. The van der Waals surface area contributed by atoms with Gasteiger partial charge in [-0.15, -0.1) is 0 Å². The first-order chi connectivity index (χ1) is 9.88. The van der Waals surface area contributed by atoms with E-state index in [0.717, 1.165) is 17.0 Å². The lowest BCUT2D eigenvalue weighted by Gasteiger charge is -2.03. The summed E-state index contributed by atoms with van der Waals surface area (Å²) in [6.07, 6.45) is 6.68. The molecule has 6 heteroatoms. The standard InChI is InChI=1S/C15H18F2N2OS/c1-4-13-12(9-11(2)19(13)21-3)5-6-14(20)18-8-7-15(16,17)10-18/h4-6,9H,1,7-8,10H2,2-3H3/p+1/b6-5+. The van der Waals surface area contributed by atoms with Crippen molar-refractivity contribution in [3.05, 3.63) is 35.7 Å². The Bertz CT molecular complexity index is 617. The second-order valence-corrected chi connectivity index (χ2v) is 5.76. The Morgan fingerprint density at radius 1 is 1.57 bits per heavy atom. The van der Waals surface area contributed by atoms with E-state index in [0.29, 0.717) is 0 Å². The van der Waals surface area contributed by atoms with Gasteiger partial charge in [-0.2, -0.15) is 13.4 Å². The fourth-order valence-corrected chi connectivity index (χ4v) is 3.16. The number of alkyl halides is 2. The van der Waals surface area contributed by atoms with Gasteiger partial charge in [0.25, 0.3) is 0 Å². The van der Waals surface area contributed by atoms with Crippen LogP contribution in [0.2, 0.25) is 0 Å². The van der Waals surface area contributed by atoms with E-state index in [1.165, 1.54) is 10.7 Å². The predicted octanol–water partition coefficient (Wildman–Crippen LogP) is 3.59. The molecule has 0 radical (unpaired) electrons. The van der Waals surface area contributed by atoms with Gasteiger partial charge in [0.2, 0.25) is 6.54 Å². The number of nitrogens with zero attached hydrogens (tertiary/aromatic N) is 2. The van der Waals surface area contributed by atoms with Crippen molar-refractivity contribution in [1.29, 1.82) is 0 Å². The van der Waals surface area contributed by atoms with Crippen molar-refractivity contribution in [2.45, 2.75) is 19.3 Å². The summed E-state index contributed by atoms with van der Waals surface area (Å²) in [6, 6.07) is 1.97. The van der Waals surface area contributed by atoms with Crippen LogP contribution in [-0.2, 0) is 0 Å². The largest absolute Gasteiger partial charge is 0.460 e. The maximum atomic E-state index is 13.1. The van der Waals surface area contributed by atoms with Crippen LogP contribution in [-0.4, -0.2) is 44.8 Å². The first-order valence-corrected chi connectivity index (χ1v) is 7.82. The summed E-state index contributed by atoms with van der Waals surface area (Å²) in [7, 11) is 0. The Labute approximate surface area is 127 Å². The zero-order chi connectivity index (χ0) is 15.6. The number of hydrogen-bond donors (Lipinski definition) is 1. The lowest BCUT2D eigenvalue weighted by Crippen LogP contribution is -2.22. The van der Waals surface area contributed by atoms with Crippen LogP contribution < -0.4 is 0 Å². The second kappa shape index (κ2) is 6.05. The van der Waals surface area contributed by atoms with Crippen molar-refractivity contribution in [2.24, 2.45) is 0 Å². The van der Waals surface area contributed by atoms with Crippen LogP contribution in [0, 0.1) is 6.92 Å². The van der Waals surface area contributed by atoms with E-state index in [1.54, 1.807) is 24.1 Å². The van der Waals surface area contributed by atoms with Crippen LogP contribution in [0.15, 0.2) is 18.7 Å². The third-order valence-electron chi connectivity index (χ3n) is 3.48. The van der Waals surface area contributed by atoms with Gasteiger partial charge in [0.15, 0.2) is 6.54 Å². The van der Waals surface area contributed by atoms with E-state index >= 15 is 0 Å². The van der Waals surface area contributed by atoms with Gasteiger partial charge in [0.05, 0.1) is 18.2 Å². The normalized spacial score (nSPS) is 20.2. The lowest BCUT2D eigenvalue weighted by atomic mass is 10.2. The van der Waals surface area contributed by atoms with Gasteiger partial charge >= 0.3 is 11.8 Å². The number of halogens is 2. The van der Waals surface area contributed by atoms with Crippen molar-refractivity contribution < 1.29 is 18.5 Å². The molecule has 0 saturated carbocycles. The van der Waals surface area contributed by atoms with Gasteiger partial charge in [-0.25, -0.2) is 0 Å². The maximum Gasteiger partial charge on any atom is 0.360 e. The van der Waals surface area contributed by atoms with Gasteiger partial charge in [0.1, 0.15) is 0 Å². The zero-order valence-electron chi connectivity index (χ0n) is 12.1. The molecule has 1 aromatic heterocycles. The van der Waals surface area contributed by atoms with E-state index in [1.807, 2.05) is 23.2 Å². The zero-order valence-corrected chi connectivity index (χ0v) is 13.0. The molecule has 114 valence electrons. The molecule has 0 aromatic carbocycles. The predicted molar refractivity (Wildman–Crippen MR) is 84.4 cm³/mol. The highest BCUT2D eigenvalue weighted by Crippen LogP contribution is 2.25. The molecule has 1 aliphatic heterocycles. The molecule has 0 atom stereocenters. The summed E-state index contributed by atoms with van der Waals surface area (Å²) < 4.78 is 29.6. The summed E-state index contributed by atoms with van der Waals surface area (Å²) in [5, 5.41) is 9.92. The maximum absolute atomic E-state index is 13.1. The smallest absolute Gasteiger partial charge is 0.360 e. The Hall–Kier alpha value is -1.56. The third-order valence-corrected chi connectivity index (χ3v) is 4.33. The highest BCUT2D eigenvalue weighted by molar-refractivity contribution is 7.97. The minimum absolute atomic E-state index is 0.128. The number of aliphatic hydroxyl groups excluding tert-OH is 1. The van der Waals surface area contributed by atoms with Crippen molar-refractivity contribution in [1.82, 2.24) is 3.97 Å². The number of aliphatic hydroxyl groups is 1. The van der Waals surface area contributed by atoms with E-state index in [4.69, 9.17) is 0 Å². The molecule has 21 heavy (non-hydrogen) atoms. The average Bonchev–Trinajstić information content (AvgIpc) is 2.95. The van der Waals surface area contributed by atoms with Crippen molar-refractivity contribution in [3.8, 4) is 0 Å². The number of hydrogen-bond acceptors (Lipinski definition) is 1. The molecule has 0 spiro atoms. The lowest BCUT2D eigenvalue weighted by molar-refractivity contribution is -0.522. The van der Waals surface area contributed by atoms with Crippen LogP contribution in [0.3, 0.4) is 0 Å². The molecule has 1 saturated heterocycles. The van der Waals surface area contributed by atoms with E-state index in [9.17, 15) is 13.9 Å². The minimum Gasteiger partial charge on any atom is -0.460 e. The molecule has 0 bridgehead atoms. The molecule has 0 aliphatic carbocycles. The number of aryl methyl sites for hydroxylation is 1. The topological polar surface area (TPSA) is 28.2 Å². The monoisotopic (exact) mass is 313 g/mol. The van der Waals surface area contributed by atoms with Gasteiger partial charge in [-0.1, -0.05) is 6.58 Å². The van der Waals surface area contributed by atoms with Crippen LogP contribution in [0.4, 0.5) is 8.78 Å². The fourth-order valence-electron chi connectivity index (χ4n) is 2.44. The third kappa shape index (κ3) is 3.37. The molecule has 0 amide bonds. The van der Waals surface area contributed by atoms with Crippen LogP contribution in [0.25, 0.3) is 12.2 Å². The number of aromatic nitrogens is 1. The Kier molecular flexibility index (Phi) is 4.56. The van der Waals surface area contributed by atoms with Crippen molar-refractivity contribution in [3.63, 3.8) is 0 Å². The van der Waals surface area contributed by atoms with Crippen LogP contribution >= 0.6 is 11.9 Å². The van der Waals surface area contributed by atoms with Crippen LogP contribution in [0.5, 0.6) is 0 Å². The average molecular weight is 313 g/mol. The quantitative estimate of drug-likeness (QED) is 0.680. The SMILES string of the molecule is C=Cc1c(/C=C/C(O)=[N+]2CCC(F)(F)C2)cc(C)n1SC. The molecular formula is C15H19F2N2OS+. The molecule has 1 aliphatic rings.